The van der Waals surface area contributed by atoms with Crippen molar-refractivity contribution >= 4 is 52.8 Å². The Morgan fingerprint density at radius 3 is 2.44 bits per heavy atom. The van der Waals surface area contributed by atoms with Crippen LogP contribution in [0.15, 0.2) is 66.2 Å². The first-order valence-electron chi connectivity index (χ1n) is 10.8. The Bertz CT molecular complexity index is 1380. The van der Waals surface area contributed by atoms with Gasteiger partial charge in [-0.2, -0.15) is 0 Å². The molecule has 184 valence electrons. The number of anilines is 1. The minimum absolute atomic E-state index is 0.109. The third-order valence-electron chi connectivity index (χ3n) is 5.11. The first-order valence-corrected chi connectivity index (χ1v) is 11.5. The van der Waals surface area contributed by atoms with Crippen molar-refractivity contribution in [3.63, 3.8) is 0 Å². The van der Waals surface area contributed by atoms with Crippen molar-refractivity contribution in [2.45, 2.75) is 13.5 Å². The summed E-state index contributed by atoms with van der Waals surface area (Å²) in [4.78, 5) is 38.9. The Morgan fingerprint density at radius 1 is 1.00 bits per heavy atom. The molecule has 1 N–H and O–H groups in total. The Balaban J connectivity index is 1.66. The summed E-state index contributed by atoms with van der Waals surface area (Å²) in [5.74, 6) is -1.50. The van der Waals surface area contributed by atoms with Gasteiger partial charge in [0.05, 0.1) is 17.3 Å². The number of halogens is 3. The van der Waals surface area contributed by atoms with Gasteiger partial charge in [-0.25, -0.2) is 14.1 Å². The molecule has 0 aliphatic carbocycles. The third-order valence-corrected chi connectivity index (χ3v) is 5.62. The van der Waals surface area contributed by atoms with Crippen LogP contribution in [-0.2, 0) is 16.2 Å². The average Bonchev–Trinajstić information content (AvgIpc) is 2.82. The fourth-order valence-electron chi connectivity index (χ4n) is 3.48. The molecule has 36 heavy (non-hydrogen) atoms. The van der Waals surface area contributed by atoms with Gasteiger partial charge in [-0.15, -0.1) is 0 Å². The number of imide groups is 2. The summed E-state index contributed by atoms with van der Waals surface area (Å²) in [5, 5.41) is 2.64. The number of amides is 4. The Hall–Kier alpha value is -3.88. The van der Waals surface area contributed by atoms with E-state index in [-0.39, 0.29) is 40.2 Å². The van der Waals surface area contributed by atoms with Gasteiger partial charge in [-0.05, 0) is 66.6 Å². The average molecular weight is 529 g/mol. The molecular formula is C26H19Cl2FN2O5. The number of rotatable bonds is 7. The molecule has 0 saturated carbocycles. The van der Waals surface area contributed by atoms with Crippen LogP contribution in [-0.4, -0.2) is 24.5 Å². The van der Waals surface area contributed by atoms with Crippen molar-refractivity contribution in [1.82, 2.24) is 5.32 Å². The largest absolute Gasteiger partial charge is 0.490 e. The summed E-state index contributed by atoms with van der Waals surface area (Å²) in [6.45, 7) is 2.17. The van der Waals surface area contributed by atoms with Crippen LogP contribution in [0.1, 0.15) is 18.1 Å². The first kappa shape index (κ1) is 25.2. The fourth-order valence-corrected chi connectivity index (χ4v) is 3.94. The van der Waals surface area contributed by atoms with Crippen LogP contribution in [0.2, 0.25) is 10.0 Å². The molecule has 10 heteroatoms. The molecule has 3 aromatic rings. The fraction of sp³-hybridized carbons (Fsp3) is 0.115. The molecule has 3 aromatic carbocycles. The zero-order valence-corrected chi connectivity index (χ0v) is 20.4. The predicted octanol–water partition coefficient (Wildman–Crippen LogP) is 5.78. The first-order chi connectivity index (χ1) is 17.3. The topological polar surface area (TPSA) is 84.9 Å². The van der Waals surface area contributed by atoms with Gasteiger partial charge in [0, 0.05) is 5.02 Å². The van der Waals surface area contributed by atoms with Gasteiger partial charge in [0.25, 0.3) is 11.8 Å². The summed E-state index contributed by atoms with van der Waals surface area (Å²) >= 11 is 12.5. The Kier molecular flexibility index (Phi) is 7.57. The highest BCUT2D eigenvalue weighted by molar-refractivity contribution is 6.39. The maximum atomic E-state index is 13.2. The van der Waals surface area contributed by atoms with E-state index in [4.69, 9.17) is 32.7 Å². The highest BCUT2D eigenvalue weighted by Gasteiger charge is 2.37. The molecule has 0 spiro atoms. The Morgan fingerprint density at radius 2 is 1.75 bits per heavy atom. The maximum Gasteiger partial charge on any atom is 0.335 e. The number of ether oxygens (including phenoxy) is 2. The molecule has 0 atom stereocenters. The maximum absolute atomic E-state index is 13.2. The molecule has 0 bridgehead atoms. The third kappa shape index (κ3) is 5.50. The van der Waals surface area contributed by atoms with E-state index in [9.17, 15) is 18.8 Å². The van der Waals surface area contributed by atoms with E-state index in [1.54, 1.807) is 37.3 Å². The lowest BCUT2D eigenvalue weighted by Gasteiger charge is -2.26. The lowest BCUT2D eigenvalue weighted by Crippen LogP contribution is -2.54. The summed E-state index contributed by atoms with van der Waals surface area (Å²) in [6.07, 6.45) is 1.31. The van der Waals surface area contributed by atoms with Gasteiger partial charge in [0.2, 0.25) is 0 Å². The van der Waals surface area contributed by atoms with E-state index >= 15 is 0 Å². The number of benzene rings is 3. The van der Waals surface area contributed by atoms with E-state index in [0.717, 1.165) is 10.5 Å². The molecule has 0 aromatic heterocycles. The van der Waals surface area contributed by atoms with Crippen LogP contribution in [0.25, 0.3) is 6.08 Å². The molecule has 0 radical (unpaired) electrons. The number of nitrogens with one attached hydrogen (secondary N) is 1. The van der Waals surface area contributed by atoms with Gasteiger partial charge in [0.1, 0.15) is 18.0 Å². The minimum atomic E-state index is -0.887. The van der Waals surface area contributed by atoms with Crippen LogP contribution in [0.3, 0.4) is 0 Å². The smallest absolute Gasteiger partial charge is 0.335 e. The number of carbonyl (C=O) groups is 3. The van der Waals surface area contributed by atoms with Gasteiger partial charge in [-0.3, -0.25) is 14.9 Å². The molecule has 1 aliphatic rings. The van der Waals surface area contributed by atoms with Crippen LogP contribution >= 0.6 is 23.2 Å². The Labute approximate surface area is 216 Å². The number of hydrogen-bond donors (Lipinski definition) is 1. The minimum Gasteiger partial charge on any atom is -0.490 e. The zero-order chi connectivity index (χ0) is 25.8. The van der Waals surface area contributed by atoms with Crippen molar-refractivity contribution in [2.75, 3.05) is 11.5 Å². The number of hydrogen-bond acceptors (Lipinski definition) is 5. The van der Waals surface area contributed by atoms with E-state index in [2.05, 4.69) is 5.32 Å². The molecule has 1 fully saturated rings. The van der Waals surface area contributed by atoms with Crippen molar-refractivity contribution in [1.29, 1.82) is 0 Å². The quantitative estimate of drug-likeness (QED) is 0.310. The SMILES string of the molecule is CCOc1cc(/C=C2\C(=O)NC(=O)N(c3cccc(Cl)c3)C2=O)cc(Cl)c1OCc1ccc(F)cc1. The van der Waals surface area contributed by atoms with Crippen molar-refractivity contribution in [3.05, 3.63) is 93.2 Å². The molecule has 0 unspecified atom stereocenters. The number of nitrogens with zero attached hydrogens (tertiary/aromatic N) is 1. The zero-order valence-electron chi connectivity index (χ0n) is 18.9. The normalized spacial score (nSPS) is 14.7. The van der Waals surface area contributed by atoms with Crippen LogP contribution < -0.4 is 19.7 Å². The summed E-state index contributed by atoms with van der Waals surface area (Å²) in [5.41, 5.74) is 1.02. The van der Waals surface area contributed by atoms with Crippen LogP contribution in [0.4, 0.5) is 14.9 Å². The van der Waals surface area contributed by atoms with Gasteiger partial charge in [-0.1, -0.05) is 41.4 Å². The lowest BCUT2D eigenvalue weighted by atomic mass is 10.1. The second-order valence-corrected chi connectivity index (χ2v) is 8.46. The molecule has 1 saturated heterocycles. The number of urea groups is 1. The van der Waals surface area contributed by atoms with Gasteiger partial charge >= 0.3 is 6.03 Å². The van der Waals surface area contributed by atoms with Gasteiger partial charge < -0.3 is 9.47 Å². The van der Waals surface area contributed by atoms with Crippen LogP contribution in [0, 0.1) is 5.82 Å². The molecule has 7 nitrogen and oxygen atoms in total. The molecule has 1 aliphatic heterocycles. The monoisotopic (exact) mass is 528 g/mol. The van der Waals surface area contributed by atoms with E-state index in [1.807, 2.05) is 0 Å². The van der Waals surface area contributed by atoms with Gasteiger partial charge in [0.15, 0.2) is 11.5 Å². The summed E-state index contributed by atoms with van der Waals surface area (Å²) in [7, 11) is 0. The molecule has 4 amide bonds. The lowest BCUT2D eigenvalue weighted by molar-refractivity contribution is -0.122. The molecule has 4 rings (SSSR count). The predicted molar refractivity (Wildman–Crippen MR) is 134 cm³/mol. The summed E-state index contributed by atoms with van der Waals surface area (Å²) < 4.78 is 24.7. The summed E-state index contributed by atoms with van der Waals surface area (Å²) in [6, 6.07) is 14.1. The highest BCUT2D eigenvalue weighted by atomic mass is 35.5. The second-order valence-electron chi connectivity index (χ2n) is 7.62. The standard InChI is InChI=1S/C26H19Cl2FN2O5/c1-2-35-22-12-16(11-21(28)23(22)36-14-15-6-8-18(29)9-7-15)10-20-24(32)30-26(34)31(25(20)33)19-5-3-4-17(27)13-19/h3-13H,2,14H2,1H3,(H,30,32,34)/b20-10+. The van der Waals surface area contributed by atoms with E-state index in [0.29, 0.717) is 17.2 Å². The van der Waals surface area contributed by atoms with E-state index in [1.165, 1.54) is 36.4 Å². The van der Waals surface area contributed by atoms with Crippen LogP contribution in [0.5, 0.6) is 11.5 Å². The van der Waals surface area contributed by atoms with Crippen molar-refractivity contribution in [3.8, 4) is 11.5 Å². The second kappa shape index (κ2) is 10.8. The molecular weight excluding hydrogens is 510 g/mol. The van der Waals surface area contributed by atoms with E-state index < -0.39 is 17.8 Å². The number of barbiturate groups is 1. The molecule has 1 heterocycles. The van der Waals surface area contributed by atoms with Crippen molar-refractivity contribution < 1.29 is 28.2 Å². The van der Waals surface area contributed by atoms with Crippen molar-refractivity contribution in [2.24, 2.45) is 0 Å². The highest BCUT2D eigenvalue weighted by Crippen LogP contribution is 2.38. The number of carbonyl (C=O) groups excluding carboxylic acids is 3.